The van der Waals surface area contributed by atoms with Crippen molar-refractivity contribution in [2.24, 2.45) is 5.73 Å². The number of hydrogen-bond acceptors (Lipinski definition) is 5. The summed E-state index contributed by atoms with van der Waals surface area (Å²) in [5.41, 5.74) is 7.48. The second-order valence-electron chi connectivity index (χ2n) is 5.17. The molecule has 0 heterocycles. The molecule has 9 heteroatoms. The van der Waals surface area contributed by atoms with E-state index in [9.17, 15) is 22.8 Å². The van der Waals surface area contributed by atoms with Crippen molar-refractivity contribution in [3.63, 3.8) is 0 Å². The number of nitrogens with two attached hydrogens (primary N) is 1. The number of carbonyl (C=O) groups is 3. The highest BCUT2D eigenvalue weighted by molar-refractivity contribution is 5.94. The molecule has 0 spiro atoms. The molecule has 0 aromatic heterocycles. The van der Waals surface area contributed by atoms with Crippen LogP contribution in [0, 0.1) is 0 Å². The number of benzene rings is 2. The normalized spacial score (nSPS) is 10.4. The van der Waals surface area contributed by atoms with Crippen molar-refractivity contribution in [3.8, 4) is 5.75 Å². The van der Waals surface area contributed by atoms with E-state index >= 15 is 0 Å². The first-order valence-electron chi connectivity index (χ1n) is 7.47. The van der Waals surface area contributed by atoms with E-state index in [1.165, 1.54) is 6.92 Å². The van der Waals surface area contributed by atoms with Gasteiger partial charge in [-0.25, -0.2) is 9.59 Å². The third kappa shape index (κ3) is 7.28. The van der Waals surface area contributed by atoms with Crippen molar-refractivity contribution in [2.45, 2.75) is 19.6 Å². The fraction of sp³-hybridized carbons (Fsp3) is 0.167. The molecule has 27 heavy (non-hydrogen) atoms. The van der Waals surface area contributed by atoms with Gasteiger partial charge in [0.25, 0.3) is 0 Å². The van der Waals surface area contributed by atoms with Crippen LogP contribution in [0.5, 0.6) is 5.75 Å². The van der Waals surface area contributed by atoms with Crippen molar-refractivity contribution in [1.82, 2.24) is 0 Å². The highest BCUT2D eigenvalue weighted by atomic mass is 19.4. The number of esters is 1. The van der Waals surface area contributed by atoms with Gasteiger partial charge in [-0.15, -0.1) is 0 Å². The number of alkyl halides is 3. The summed E-state index contributed by atoms with van der Waals surface area (Å²) in [5.74, 6) is -2.82. The fourth-order valence-electron chi connectivity index (χ4n) is 1.70. The van der Waals surface area contributed by atoms with Crippen molar-refractivity contribution in [2.75, 3.05) is 0 Å². The Labute approximate surface area is 152 Å². The molecule has 0 amide bonds. The smallest absolute Gasteiger partial charge is 0.475 e. The number of carboxylic acid groups (broad SMARTS) is 1. The van der Waals surface area contributed by atoms with Crippen molar-refractivity contribution in [3.05, 3.63) is 65.2 Å². The van der Waals surface area contributed by atoms with Gasteiger partial charge in [-0.3, -0.25) is 4.79 Å². The Morgan fingerprint density at radius 1 is 0.963 bits per heavy atom. The monoisotopic (exact) mass is 383 g/mol. The Hall–Kier alpha value is -3.20. The lowest BCUT2D eigenvalue weighted by molar-refractivity contribution is -0.192. The lowest BCUT2D eigenvalue weighted by Crippen LogP contribution is -2.21. The molecule has 6 nitrogen and oxygen atoms in total. The molecule has 0 atom stereocenters. The van der Waals surface area contributed by atoms with E-state index in [1.807, 2.05) is 0 Å². The molecule has 3 N–H and O–H groups in total. The number of hydrogen-bond donors (Lipinski definition) is 2. The summed E-state index contributed by atoms with van der Waals surface area (Å²) in [7, 11) is 0. The number of carbonyl (C=O) groups excluding carboxylic acids is 2. The van der Waals surface area contributed by atoms with E-state index in [1.54, 1.807) is 48.5 Å². The van der Waals surface area contributed by atoms with E-state index in [2.05, 4.69) is 0 Å². The second-order valence-corrected chi connectivity index (χ2v) is 5.17. The molecule has 0 aliphatic heterocycles. The van der Waals surface area contributed by atoms with Crippen LogP contribution < -0.4 is 10.5 Å². The van der Waals surface area contributed by atoms with Gasteiger partial charge in [-0.1, -0.05) is 12.1 Å². The van der Waals surface area contributed by atoms with Gasteiger partial charge in [-0.05, 0) is 48.9 Å². The first-order valence-corrected chi connectivity index (χ1v) is 7.47. The zero-order valence-electron chi connectivity index (χ0n) is 14.1. The van der Waals surface area contributed by atoms with Gasteiger partial charge >= 0.3 is 18.1 Å². The molecule has 0 saturated heterocycles. The van der Waals surface area contributed by atoms with Crippen LogP contribution in [-0.2, 0) is 11.3 Å². The molecule has 2 aromatic carbocycles. The highest BCUT2D eigenvalue weighted by Gasteiger charge is 2.38. The lowest BCUT2D eigenvalue weighted by Gasteiger charge is -2.05. The van der Waals surface area contributed by atoms with Crippen LogP contribution in [0.15, 0.2) is 48.5 Å². The Kier molecular flexibility index (Phi) is 7.67. The molecule has 0 saturated carbocycles. The van der Waals surface area contributed by atoms with Gasteiger partial charge in [0, 0.05) is 12.1 Å². The van der Waals surface area contributed by atoms with Crippen LogP contribution in [0.2, 0.25) is 0 Å². The Balaban J connectivity index is 0.000000445. The van der Waals surface area contributed by atoms with Crippen molar-refractivity contribution in [1.29, 1.82) is 0 Å². The summed E-state index contributed by atoms with van der Waals surface area (Å²) in [6.45, 7) is 1.92. The maximum Gasteiger partial charge on any atom is 0.490 e. The Morgan fingerprint density at radius 2 is 1.41 bits per heavy atom. The van der Waals surface area contributed by atoms with E-state index in [0.29, 0.717) is 23.4 Å². The van der Waals surface area contributed by atoms with E-state index in [-0.39, 0.29) is 5.78 Å². The summed E-state index contributed by atoms with van der Waals surface area (Å²) < 4.78 is 37.0. The molecular formula is C18H16F3NO5. The number of ether oxygens (including phenoxy) is 1. The summed E-state index contributed by atoms with van der Waals surface area (Å²) in [4.78, 5) is 32.0. The minimum absolute atomic E-state index is 0.0275. The zero-order chi connectivity index (χ0) is 20.6. The molecule has 0 bridgehead atoms. The fourth-order valence-corrected chi connectivity index (χ4v) is 1.70. The van der Waals surface area contributed by atoms with Gasteiger partial charge in [0.15, 0.2) is 5.78 Å². The van der Waals surface area contributed by atoms with Crippen LogP contribution in [0.25, 0.3) is 0 Å². The predicted octanol–water partition coefficient (Wildman–Crippen LogP) is 3.20. The average molecular weight is 383 g/mol. The SMILES string of the molecule is CC(=O)c1ccc(OC(=O)c2ccc(CN)cc2)cc1.O=C(O)C(F)(F)F. The first kappa shape index (κ1) is 21.8. The topological polar surface area (TPSA) is 107 Å². The molecule has 0 aliphatic rings. The molecular weight excluding hydrogens is 367 g/mol. The number of ketones is 1. The third-order valence-corrected chi connectivity index (χ3v) is 3.14. The maximum absolute atomic E-state index is 11.9. The van der Waals surface area contributed by atoms with Crippen LogP contribution in [-0.4, -0.2) is 29.0 Å². The molecule has 0 aliphatic carbocycles. The zero-order valence-corrected chi connectivity index (χ0v) is 14.1. The number of aliphatic carboxylic acids is 1. The number of Topliss-reactive ketones (excluding diaryl/α,β-unsaturated/α-hetero) is 1. The molecule has 0 fully saturated rings. The lowest BCUT2D eigenvalue weighted by atomic mass is 10.1. The van der Waals surface area contributed by atoms with Gasteiger partial charge < -0.3 is 15.6 Å². The molecule has 144 valence electrons. The Morgan fingerprint density at radius 3 is 1.78 bits per heavy atom. The molecule has 2 aromatic rings. The van der Waals surface area contributed by atoms with Crippen molar-refractivity contribution < 1.29 is 37.4 Å². The standard InChI is InChI=1S/C16H15NO3.C2HF3O2/c1-11(18)13-6-8-15(9-7-13)20-16(19)14-4-2-12(10-17)3-5-14;3-2(4,5)1(6)7/h2-9H,10,17H2,1H3;(H,6,7). The number of halogens is 3. The quantitative estimate of drug-likeness (QED) is 0.477. The maximum atomic E-state index is 11.9. The van der Waals surface area contributed by atoms with Gasteiger partial charge in [-0.2, -0.15) is 13.2 Å². The summed E-state index contributed by atoms with van der Waals surface area (Å²) >= 11 is 0. The highest BCUT2D eigenvalue weighted by Crippen LogP contribution is 2.15. The van der Waals surface area contributed by atoms with E-state index < -0.39 is 18.1 Å². The molecule has 0 radical (unpaired) electrons. The minimum atomic E-state index is -5.08. The first-order chi connectivity index (χ1) is 12.5. The van der Waals surface area contributed by atoms with Crippen LogP contribution in [0.4, 0.5) is 13.2 Å². The van der Waals surface area contributed by atoms with E-state index in [0.717, 1.165) is 5.56 Å². The van der Waals surface area contributed by atoms with Crippen LogP contribution in [0.1, 0.15) is 33.2 Å². The van der Waals surface area contributed by atoms with Gasteiger partial charge in [0.2, 0.25) is 0 Å². The molecule has 2 rings (SSSR count). The van der Waals surface area contributed by atoms with Crippen LogP contribution in [0.3, 0.4) is 0 Å². The van der Waals surface area contributed by atoms with E-state index in [4.69, 9.17) is 20.4 Å². The Bertz CT molecular complexity index is 799. The average Bonchev–Trinajstić information content (AvgIpc) is 2.62. The third-order valence-electron chi connectivity index (χ3n) is 3.14. The summed E-state index contributed by atoms with van der Waals surface area (Å²) in [6, 6.07) is 13.4. The molecule has 0 unspecified atom stereocenters. The summed E-state index contributed by atoms with van der Waals surface area (Å²) in [6.07, 6.45) is -5.08. The number of rotatable bonds is 4. The van der Waals surface area contributed by atoms with Gasteiger partial charge in [0.05, 0.1) is 5.56 Å². The van der Waals surface area contributed by atoms with Gasteiger partial charge in [0.1, 0.15) is 5.75 Å². The largest absolute Gasteiger partial charge is 0.490 e. The predicted molar refractivity (Wildman–Crippen MR) is 89.4 cm³/mol. The second kappa shape index (κ2) is 9.48. The number of carboxylic acids is 1. The van der Waals surface area contributed by atoms with Crippen LogP contribution >= 0.6 is 0 Å². The van der Waals surface area contributed by atoms with Crippen molar-refractivity contribution >= 4 is 17.7 Å². The summed E-state index contributed by atoms with van der Waals surface area (Å²) in [5, 5.41) is 7.12. The minimum Gasteiger partial charge on any atom is -0.475 e.